The number of aryl methyl sites for hydroxylation is 1. The van der Waals surface area contributed by atoms with Gasteiger partial charge in [0.05, 0.1) is 6.04 Å². The number of aromatic nitrogens is 2. The van der Waals surface area contributed by atoms with E-state index in [1.165, 1.54) is 16.6 Å². The summed E-state index contributed by atoms with van der Waals surface area (Å²) in [4.78, 5) is 10.6. The second kappa shape index (κ2) is 6.75. The molecule has 27 heavy (non-hydrogen) atoms. The van der Waals surface area contributed by atoms with Crippen LogP contribution in [0.15, 0.2) is 42.6 Å². The molecular weight excluding hydrogens is 337 g/mol. The SMILES string of the molecule is CCc1ccc([C@@H]2c3[nH]c4ccccc4c3C[C@@H](C)N2CC(C)(C)F)cn1. The highest BCUT2D eigenvalue weighted by molar-refractivity contribution is 5.85. The zero-order valence-electron chi connectivity index (χ0n) is 16.6. The van der Waals surface area contributed by atoms with Gasteiger partial charge in [0.15, 0.2) is 0 Å². The van der Waals surface area contributed by atoms with Gasteiger partial charge in [0.1, 0.15) is 5.67 Å². The Morgan fingerprint density at radius 3 is 2.67 bits per heavy atom. The zero-order chi connectivity index (χ0) is 19.2. The van der Waals surface area contributed by atoms with Crippen LogP contribution in [-0.2, 0) is 12.8 Å². The second-order valence-electron chi connectivity index (χ2n) is 8.35. The Kier molecular flexibility index (Phi) is 4.55. The van der Waals surface area contributed by atoms with Gasteiger partial charge in [0, 0.05) is 41.1 Å². The summed E-state index contributed by atoms with van der Waals surface area (Å²) in [5, 5.41) is 1.28. The van der Waals surface area contributed by atoms with Gasteiger partial charge in [-0.1, -0.05) is 31.2 Å². The first-order valence-electron chi connectivity index (χ1n) is 9.86. The molecule has 4 heteroatoms. The molecule has 0 amide bonds. The largest absolute Gasteiger partial charge is 0.357 e. The zero-order valence-corrected chi connectivity index (χ0v) is 16.6. The maximum absolute atomic E-state index is 14.7. The van der Waals surface area contributed by atoms with Gasteiger partial charge in [-0.15, -0.1) is 0 Å². The molecule has 0 saturated carbocycles. The van der Waals surface area contributed by atoms with Crippen molar-refractivity contribution in [3.63, 3.8) is 0 Å². The van der Waals surface area contributed by atoms with E-state index in [0.29, 0.717) is 6.54 Å². The molecule has 1 aliphatic rings. The molecule has 142 valence electrons. The number of aromatic amines is 1. The fourth-order valence-electron chi connectivity index (χ4n) is 4.35. The van der Waals surface area contributed by atoms with E-state index in [1.54, 1.807) is 13.8 Å². The first-order valence-corrected chi connectivity index (χ1v) is 9.86. The Bertz CT molecular complexity index is 936. The number of rotatable bonds is 4. The molecule has 3 heterocycles. The predicted octanol–water partition coefficient (Wildman–Crippen LogP) is 5.21. The molecule has 4 rings (SSSR count). The molecule has 1 N–H and O–H groups in total. The minimum Gasteiger partial charge on any atom is -0.357 e. The van der Waals surface area contributed by atoms with Gasteiger partial charge < -0.3 is 4.98 Å². The van der Waals surface area contributed by atoms with Crippen LogP contribution in [0, 0.1) is 0 Å². The van der Waals surface area contributed by atoms with Crippen LogP contribution in [0.4, 0.5) is 4.39 Å². The molecule has 2 aromatic heterocycles. The van der Waals surface area contributed by atoms with Crippen molar-refractivity contribution in [3.8, 4) is 0 Å². The van der Waals surface area contributed by atoms with Crippen LogP contribution in [0.5, 0.6) is 0 Å². The minimum atomic E-state index is -1.26. The molecule has 0 radical (unpaired) electrons. The van der Waals surface area contributed by atoms with Crippen molar-refractivity contribution in [2.75, 3.05) is 6.54 Å². The normalized spacial score (nSPS) is 20.8. The average Bonchev–Trinajstić information content (AvgIpc) is 2.99. The summed E-state index contributed by atoms with van der Waals surface area (Å²) in [5.41, 5.74) is 4.64. The van der Waals surface area contributed by atoms with E-state index in [9.17, 15) is 4.39 Å². The van der Waals surface area contributed by atoms with E-state index in [0.717, 1.165) is 29.6 Å². The number of H-pyrrole nitrogens is 1. The molecule has 0 spiro atoms. The smallest absolute Gasteiger partial charge is 0.118 e. The maximum Gasteiger partial charge on any atom is 0.118 e. The number of nitrogens with one attached hydrogen (secondary N) is 1. The van der Waals surface area contributed by atoms with Crippen molar-refractivity contribution in [1.29, 1.82) is 0 Å². The lowest BCUT2D eigenvalue weighted by molar-refractivity contribution is 0.0666. The monoisotopic (exact) mass is 365 g/mol. The number of hydrogen-bond acceptors (Lipinski definition) is 2. The number of hydrogen-bond donors (Lipinski definition) is 1. The third-order valence-corrected chi connectivity index (χ3v) is 5.60. The van der Waals surface area contributed by atoms with E-state index in [1.807, 2.05) is 6.20 Å². The van der Waals surface area contributed by atoms with Crippen molar-refractivity contribution < 1.29 is 4.39 Å². The highest BCUT2D eigenvalue weighted by Crippen LogP contribution is 2.41. The number of benzene rings is 1. The summed E-state index contributed by atoms with van der Waals surface area (Å²) in [6, 6.07) is 12.9. The van der Waals surface area contributed by atoms with Gasteiger partial charge in [-0.25, -0.2) is 4.39 Å². The fraction of sp³-hybridized carbons (Fsp3) is 0.435. The highest BCUT2D eigenvalue weighted by atomic mass is 19.1. The van der Waals surface area contributed by atoms with Gasteiger partial charge in [-0.3, -0.25) is 9.88 Å². The standard InChI is InChI=1S/C23H28FN3/c1-5-17-11-10-16(13-25-17)22-21-19(18-8-6-7-9-20(18)26-21)12-15(2)27(22)14-23(3,4)24/h6-11,13,15,22,26H,5,12,14H2,1-4H3/t15-,22-/m1/s1. The van der Waals surface area contributed by atoms with Crippen LogP contribution in [0.2, 0.25) is 0 Å². The fourth-order valence-corrected chi connectivity index (χ4v) is 4.35. The summed E-state index contributed by atoms with van der Waals surface area (Å²) in [7, 11) is 0. The topological polar surface area (TPSA) is 31.9 Å². The van der Waals surface area contributed by atoms with Crippen LogP contribution < -0.4 is 0 Å². The first-order chi connectivity index (χ1) is 12.9. The molecular formula is C23H28FN3. The molecule has 1 aliphatic heterocycles. The van der Waals surface area contributed by atoms with E-state index in [4.69, 9.17) is 0 Å². The average molecular weight is 365 g/mol. The Hall–Kier alpha value is -2.20. The first kappa shape index (κ1) is 18.2. The quantitative estimate of drug-likeness (QED) is 0.688. The number of pyridine rings is 1. The van der Waals surface area contributed by atoms with Crippen LogP contribution in [-0.4, -0.2) is 33.1 Å². The van der Waals surface area contributed by atoms with Crippen LogP contribution >= 0.6 is 0 Å². The van der Waals surface area contributed by atoms with Gasteiger partial charge in [-0.05, 0) is 56.9 Å². The van der Waals surface area contributed by atoms with Gasteiger partial charge in [0.25, 0.3) is 0 Å². The van der Waals surface area contributed by atoms with Crippen molar-refractivity contribution in [3.05, 3.63) is 65.1 Å². The van der Waals surface area contributed by atoms with Crippen molar-refractivity contribution in [2.45, 2.75) is 58.3 Å². The Morgan fingerprint density at radius 1 is 1.22 bits per heavy atom. The van der Waals surface area contributed by atoms with E-state index in [-0.39, 0.29) is 12.1 Å². The summed E-state index contributed by atoms with van der Waals surface area (Å²) in [5.74, 6) is 0. The van der Waals surface area contributed by atoms with Crippen LogP contribution in [0.25, 0.3) is 10.9 Å². The molecule has 0 unspecified atom stereocenters. The van der Waals surface area contributed by atoms with Gasteiger partial charge in [-0.2, -0.15) is 0 Å². The lowest BCUT2D eigenvalue weighted by Crippen LogP contribution is -2.47. The lowest BCUT2D eigenvalue weighted by Gasteiger charge is -2.42. The van der Waals surface area contributed by atoms with Crippen molar-refractivity contribution in [2.24, 2.45) is 0 Å². The van der Waals surface area contributed by atoms with Crippen LogP contribution in [0.3, 0.4) is 0 Å². The van der Waals surface area contributed by atoms with Crippen molar-refractivity contribution in [1.82, 2.24) is 14.9 Å². The molecule has 0 saturated heterocycles. The number of nitrogens with zero attached hydrogens (tertiary/aromatic N) is 2. The Labute approximate surface area is 160 Å². The third kappa shape index (κ3) is 3.39. The molecule has 3 nitrogen and oxygen atoms in total. The van der Waals surface area contributed by atoms with E-state index < -0.39 is 5.67 Å². The number of alkyl halides is 1. The van der Waals surface area contributed by atoms with E-state index in [2.05, 4.69) is 65.1 Å². The summed E-state index contributed by atoms with van der Waals surface area (Å²) in [6.07, 6.45) is 3.81. The summed E-state index contributed by atoms with van der Waals surface area (Å²) >= 11 is 0. The highest BCUT2D eigenvalue weighted by Gasteiger charge is 2.38. The third-order valence-electron chi connectivity index (χ3n) is 5.60. The van der Waals surface area contributed by atoms with Crippen LogP contribution in [0.1, 0.15) is 56.3 Å². The Morgan fingerprint density at radius 2 is 2.00 bits per heavy atom. The van der Waals surface area contributed by atoms with Gasteiger partial charge >= 0.3 is 0 Å². The molecule has 0 fully saturated rings. The number of para-hydroxylation sites is 1. The predicted molar refractivity (Wildman–Crippen MR) is 109 cm³/mol. The number of fused-ring (bicyclic) bond motifs is 3. The second-order valence-corrected chi connectivity index (χ2v) is 8.35. The molecule has 1 aromatic carbocycles. The van der Waals surface area contributed by atoms with Gasteiger partial charge in [0.2, 0.25) is 0 Å². The summed E-state index contributed by atoms with van der Waals surface area (Å²) < 4.78 is 14.7. The molecule has 2 atom stereocenters. The summed E-state index contributed by atoms with van der Waals surface area (Å²) in [6.45, 7) is 8.03. The minimum absolute atomic E-state index is 0.00965. The maximum atomic E-state index is 14.7. The molecule has 0 aliphatic carbocycles. The number of halogens is 1. The molecule has 3 aromatic rings. The lowest BCUT2D eigenvalue weighted by atomic mass is 9.88. The van der Waals surface area contributed by atoms with Crippen molar-refractivity contribution >= 4 is 10.9 Å². The molecule has 0 bridgehead atoms. The van der Waals surface area contributed by atoms with E-state index >= 15 is 0 Å². The Balaban J connectivity index is 1.87.